The molecule has 1 N–H and O–H groups in total. The third-order valence-electron chi connectivity index (χ3n) is 2.66. The van der Waals surface area contributed by atoms with Gasteiger partial charge in [0.25, 0.3) is 0 Å². The van der Waals surface area contributed by atoms with Crippen LogP contribution >= 0.6 is 11.3 Å². The zero-order valence-corrected chi connectivity index (χ0v) is 10.5. The predicted molar refractivity (Wildman–Crippen MR) is 70.7 cm³/mol. The number of fused-ring (bicyclic) bond motifs is 1. The molecular formula is C13H10N2O2S. The van der Waals surface area contributed by atoms with E-state index in [0.717, 1.165) is 21.6 Å². The molecule has 5 heteroatoms. The maximum Gasteiger partial charge on any atom is 0.357 e. The van der Waals surface area contributed by atoms with Gasteiger partial charge in [-0.1, -0.05) is 18.2 Å². The summed E-state index contributed by atoms with van der Waals surface area (Å²) < 4.78 is 4.64. The zero-order valence-electron chi connectivity index (χ0n) is 9.64. The van der Waals surface area contributed by atoms with Gasteiger partial charge in [-0.3, -0.25) is 0 Å². The summed E-state index contributed by atoms with van der Waals surface area (Å²) in [6.45, 7) is 0. The summed E-state index contributed by atoms with van der Waals surface area (Å²) in [6, 6.07) is 10.0. The third-order valence-corrected chi connectivity index (χ3v) is 3.53. The highest BCUT2D eigenvalue weighted by atomic mass is 32.1. The van der Waals surface area contributed by atoms with Crippen LogP contribution in [0.5, 0.6) is 0 Å². The molecule has 0 saturated heterocycles. The van der Waals surface area contributed by atoms with Gasteiger partial charge in [0.1, 0.15) is 5.01 Å². The molecule has 0 atom stereocenters. The first kappa shape index (κ1) is 11.0. The average molecular weight is 258 g/mol. The molecule has 0 radical (unpaired) electrons. The second-order valence-corrected chi connectivity index (χ2v) is 4.66. The number of esters is 1. The van der Waals surface area contributed by atoms with Gasteiger partial charge in [0.15, 0.2) is 5.69 Å². The summed E-state index contributed by atoms with van der Waals surface area (Å²) in [5.74, 6) is -0.409. The van der Waals surface area contributed by atoms with Crippen molar-refractivity contribution in [2.45, 2.75) is 0 Å². The number of thiazole rings is 1. The molecule has 3 rings (SSSR count). The van der Waals surface area contributed by atoms with E-state index in [1.54, 1.807) is 5.38 Å². The molecule has 90 valence electrons. The molecule has 4 nitrogen and oxygen atoms in total. The van der Waals surface area contributed by atoms with Gasteiger partial charge in [-0.05, 0) is 12.1 Å². The van der Waals surface area contributed by atoms with Gasteiger partial charge >= 0.3 is 5.97 Å². The topological polar surface area (TPSA) is 55.0 Å². The highest BCUT2D eigenvalue weighted by molar-refractivity contribution is 7.13. The lowest BCUT2D eigenvalue weighted by Gasteiger charge is -1.91. The number of hydrogen-bond donors (Lipinski definition) is 1. The van der Waals surface area contributed by atoms with Crippen molar-refractivity contribution >= 4 is 28.2 Å². The van der Waals surface area contributed by atoms with Gasteiger partial charge in [-0.15, -0.1) is 11.3 Å². The number of H-pyrrole nitrogens is 1. The van der Waals surface area contributed by atoms with Crippen molar-refractivity contribution in [1.82, 2.24) is 9.97 Å². The Labute approximate surface area is 107 Å². The first-order valence-corrected chi connectivity index (χ1v) is 6.28. The van der Waals surface area contributed by atoms with Crippen LogP contribution in [0.25, 0.3) is 21.6 Å². The monoisotopic (exact) mass is 258 g/mol. The lowest BCUT2D eigenvalue weighted by Crippen LogP contribution is -2.00. The van der Waals surface area contributed by atoms with Crippen LogP contribution in [0, 0.1) is 0 Å². The maximum atomic E-state index is 11.3. The van der Waals surface area contributed by atoms with Gasteiger partial charge in [0, 0.05) is 16.3 Å². The molecule has 0 amide bonds. The highest BCUT2D eigenvalue weighted by Gasteiger charge is 2.13. The fraction of sp³-hybridized carbons (Fsp3) is 0.0769. The second-order valence-electron chi connectivity index (χ2n) is 3.80. The molecule has 3 aromatic rings. The number of aromatic nitrogens is 2. The fourth-order valence-corrected chi connectivity index (χ4v) is 2.54. The number of hydrogen-bond acceptors (Lipinski definition) is 4. The number of carbonyl (C=O) groups is 1. The number of aromatic amines is 1. The SMILES string of the molecule is COC(=O)c1csc(-c2cc3ccccc3[nH]2)n1. The normalized spacial score (nSPS) is 10.7. The lowest BCUT2D eigenvalue weighted by molar-refractivity contribution is 0.0595. The van der Waals surface area contributed by atoms with E-state index in [1.807, 2.05) is 30.3 Å². The molecule has 2 heterocycles. The van der Waals surface area contributed by atoms with Crippen LogP contribution in [0.1, 0.15) is 10.5 Å². The third kappa shape index (κ3) is 1.78. The molecule has 0 aliphatic rings. The Morgan fingerprint density at radius 3 is 3.00 bits per heavy atom. The lowest BCUT2D eigenvalue weighted by atomic mass is 10.2. The zero-order chi connectivity index (χ0) is 12.5. The number of nitrogens with one attached hydrogen (secondary N) is 1. The second kappa shape index (κ2) is 4.27. The van der Waals surface area contributed by atoms with Gasteiger partial charge in [-0.25, -0.2) is 9.78 Å². The van der Waals surface area contributed by atoms with Gasteiger partial charge < -0.3 is 9.72 Å². The van der Waals surface area contributed by atoms with Crippen LogP contribution in [0.2, 0.25) is 0 Å². The molecule has 18 heavy (non-hydrogen) atoms. The summed E-state index contributed by atoms with van der Waals surface area (Å²) >= 11 is 1.42. The van der Waals surface area contributed by atoms with Crippen molar-refractivity contribution in [3.63, 3.8) is 0 Å². The number of carbonyl (C=O) groups excluding carboxylic acids is 1. The minimum atomic E-state index is -0.409. The molecule has 0 fully saturated rings. The van der Waals surface area contributed by atoms with Crippen molar-refractivity contribution in [3.05, 3.63) is 41.4 Å². The van der Waals surface area contributed by atoms with E-state index in [4.69, 9.17) is 0 Å². The minimum absolute atomic E-state index is 0.344. The Balaban J connectivity index is 2.03. The molecule has 0 saturated carbocycles. The van der Waals surface area contributed by atoms with Crippen LogP contribution < -0.4 is 0 Å². The summed E-state index contributed by atoms with van der Waals surface area (Å²) in [5.41, 5.74) is 2.31. The summed E-state index contributed by atoms with van der Waals surface area (Å²) in [5, 5.41) is 3.61. The molecule has 0 unspecified atom stereocenters. The Hall–Kier alpha value is -2.14. The van der Waals surface area contributed by atoms with E-state index in [1.165, 1.54) is 18.4 Å². The van der Waals surface area contributed by atoms with E-state index in [9.17, 15) is 4.79 Å². The number of rotatable bonds is 2. The van der Waals surface area contributed by atoms with Crippen LogP contribution in [-0.4, -0.2) is 23.0 Å². The smallest absolute Gasteiger partial charge is 0.357 e. The Morgan fingerprint density at radius 1 is 1.39 bits per heavy atom. The van der Waals surface area contributed by atoms with E-state index in [-0.39, 0.29) is 0 Å². The van der Waals surface area contributed by atoms with Gasteiger partial charge in [-0.2, -0.15) is 0 Å². The summed E-state index contributed by atoms with van der Waals surface area (Å²) in [7, 11) is 1.35. The number of benzene rings is 1. The van der Waals surface area contributed by atoms with E-state index >= 15 is 0 Å². The predicted octanol–water partition coefficient (Wildman–Crippen LogP) is 3.08. The van der Waals surface area contributed by atoms with Crippen molar-refractivity contribution < 1.29 is 9.53 Å². The Bertz CT molecular complexity index is 681. The minimum Gasteiger partial charge on any atom is -0.464 e. The van der Waals surface area contributed by atoms with Gasteiger partial charge in [0.2, 0.25) is 0 Å². The molecule has 0 spiro atoms. The van der Waals surface area contributed by atoms with Crippen LogP contribution in [0.15, 0.2) is 35.7 Å². The Morgan fingerprint density at radius 2 is 2.22 bits per heavy atom. The number of methoxy groups -OCH3 is 1. The standard InChI is InChI=1S/C13H10N2O2S/c1-17-13(16)11-7-18-12(15-11)10-6-8-4-2-3-5-9(8)14-10/h2-7,14H,1H3. The van der Waals surface area contributed by atoms with Crippen molar-refractivity contribution in [2.75, 3.05) is 7.11 Å². The molecular weight excluding hydrogens is 248 g/mol. The van der Waals surface area contributed by atoms with Crippen molar-refractivity contribution in [2.24, 2.45) is 0 Å². The van der Waals surface area contributed by atoms with Crippen molar-refractivity contribution in [3.8, 4) is 10.7 Å². The summed E-state index contributed by atoms with van der Waals surface area (Å²) in [6.07, 6.45) is 0. The first-order valence-electron chi connectivity index (χ1n) is 5.40. The highest BCUT2D eigenvalue weighted by Crippen LogP contribution is 2.26. The van der Waals surface area contributed by atoms with E-state index in [0.29, 0.717) is 5.69 Å². The van der Waals surface area contributed by atoms with E-state index < -0.39 is 5.97 Å². The average Bonchev–Trinajstić information content (AvgIpc) is 3.03. The van der Waals surface area contributed by atoms with Crippen LogP contribution in [0.3, 0.4) is 0 Å². The molecule has 0 bridgehead atoms. The largest absolute Gasteiger partial charge is 0.464 e. The molecule has 0 aliphatic carbocycles. The van der Waals surface area contributed by atoms with Crippen LogP contribution in [-0.2, 0) is 4.74 Å². The number of para-hydroxylation sites is 1. The quantitative estimate of drug-likeness (QED) is 0.719. The fourth-order valence-electron chi connectivity index (χ4n) is 1.78. The van der Waals surface area contributed by atoms with Crippen LogP contribution in [0.4, 0.5) is 0 Å². The van der Waals surface area contributed by atoms with Gasteiger partial charge in [0.05, 0.1) is 12.8 Å². The molecule has 0 aliphatic heterocycles. The molecule has 2 aromatic heterocycles. The molecule has 1 aromatic carbocycles. The van der Waals surface area contributed by atoms with E-state index in [2.05, 4.69) is 14.7 Å². The maximum absolute atomic E-state index is 11.3. The summed E-state index contributed by atoms with van der Waals surface area (Å²) in [4.78, 5) is 18.9. The van der Waals surface area contributed by atoms with Crippen molar-refractivity contribution in [1.29, 1.82) is 0 Å². The Kier molecular flexibility index (Phi) is 2.60. The first-order chi connectivity index (χ1) is 8.78. The number of nitrogens with zero attached hydrogens (tertiary/aromatic N) is 1. The number of ether oxygens (including phenoxy) is 1.